The Bertz CT molecular complexity index is 623. The van der Waals surface area contributed by atoms with E-state index < -0.39 is 17.6 Å². The first kappa shape index (κ1) is 33.1. The second-order valence-corrected chi connectivity index (χ2v) is 12.0. The van der Waals surface area contributed by atoms with Gasteiger partial charge < -0.3 is 19.7 Å². The van der Waals surface area contributed by atoms with Gasteiger partial charge in [-0.05, 0) is 44.9 Å². The molecule has 2 fully saturated rings. The van der Waals surface area contributed by atoms with Crippen molar-refractivity contribution in [1.82, 2.24) is 0 Å². The third-order valence-corrected chi connectivity index (χ3v) is 8.92. The molecule has 3 atom stereocenters. The molecule has 2 aliphatic rings. The molecule has 0 aromatic heterocycles. The van der Waals surface area contributed by atoms with E-state index in [2.05, 4.69) is 0 Å². The monoisotopic (exact) mass is 538 g/mol. The minimum atomic E-state index is -0.985. The predicted molar refractivity (Wildman–Crippen MR) is 152 cm³/mol. The summed E-state index contributed by atoms with van der Waals surface area (Å²) in [4.78, 5) is 25.4. The van der Waals surface area contributed by atoms with Crippen LogP contribution in [0.2, 0.25) is 0 Å². The highest BCUT2D eigenvalue weighted by Gasteiger charge is 2.45. The average molecular weight is 539 g/mol. The number of aliphatic hydroxyl groups excluding tert-OH is 2. The van der Waals surface area contributed by atoms with Gasteiger partial charge in [-0.2, -0.15) is 0 Å². The van der Waals surface area contributed by atoms with Gasteiger partial charge in [0.25, 0.3) is 0 Å². The number of carbonyl (C=O) groups excluding carboxylic acids is 2. The van der Waals surface area contributed by atoms with Crippen LogP contribution in [0.15, 0.2) is 0 Å². The number of aliphatic hydroxyl groups is 2. The Morgan fingerprint density at radius 3 is 1.71 bits per heavy atom. The van der Waals surface area contributed by atoms with Crippen LogP contribution in [-0.4, -0.2) is 47.6 Å². The number of cyclic esters (lactones) is 2. The number of hydrogen-bond acceptors (Lipinski definition) is 6. The molecule has 6 nitrogen and oxygen atoms in total. The average Bonchev–Trinajstić information content (AvgIpc) is 2.90. The van der Waals surface area contributed by atoms with E-state index in [4.69, 9.17) is 9.47 Å². The van der Waals surface area contributed by atoms with E-state index in [0.717, 1.165) is 57.8 Å². The lowest BCUT2D eigenvalue weighted by Crippen LogP contribution is -2.49. The van der Waals surface area contributed by atoms with E-state index in [-0.39, 0.29) is 18.5 Å². The van der Waals surface area contributed by atoms with Crippen LogP contribution in [0, 0.1) is 5.41 Å². The molecular formula is C32H58O6. The van der Waals surface area contributed by atoms with Crippen LogP contribution in [0.3, 0.4) is 0 Å². The quantitative estimate of drug-likeness (QED) is 0.360. The summed E-state index contributed by atoms with van der Waals surface area (Å²) in [5.41, 5.74) is -0.743. The summed E-state index contributed by atoms with van der Waals surface area (Å²) >= 11 is 0. The van der Waals surface area contributed by atoms with Gasteiger partial charge in [0.05, 0.1) is 19.3 Å². The van der Waals surface area contributed by atoms with Gasteiger partial charge in [-0.3, -0.25) is 9.59 Å². The highest BCUT2D eigenvalue weighted by molar-refractivity contribution is 5.70. The van der Waals surface area contributed by atoms with E-state index in [9.17, 15) is 19.8 Å². The van der Waals surface area contributed by atoms with Gasteiger partial charge in [0, 0.05) is 18.3 Å². The summed E-state index contributed by atoms with van der Waals surface area (Å²) < 4.78 is 11.7. The Labute approximate surface area is 232 Å². The van der Waals surface area contributed by atoms with Gasteiger partial charge in [0.15, 0.2) is 0 Å². The van der Waals surface area contributed by atoms with Gasteiger partial charge >= 0.3 is 11.9 Å². The fraction of sp³-hybridized carbons (Fsp3) is 0.938. The van der Waals surface area contributed by atoms with E-state index >= 15 is 0 Å². The SMILES string of the molecule is O=C1CCCC(C(O)CO)(C2CCCCCCCCCCCCCC(=O)O2)CCCCCCCCCCO1. The molecule has 0 amide bonds. The maximum atomic E-state index is 13.0. The van der Waals surface area contributed by atoms with Crippen molar-refractivity contribution in [2.24, 2.45) is 5.41 Å². The van der Waals surface area contributed by atoms with Crippen molar-refractivity contribution in [3.63, 3.8) is 0 Å². The number of carbonyl (C=O) groups is 2. The Balaban J connectivity index is 2.21. The summed E-state index contributed by atoms with van der Waals surface area (Å²) in [6.45, 7) is 0.113. The first-order chi connectivity index (χ1) is 18.6. The molecule has 2 aliphatic heterocycles. The maximum absolute atomic E-state index is 13.0. The summed E-state index contributed by atoms with van der Waals surface area (Å²) in [5.74, 6) is -0.377. The molecule has 0 aliphatic carbocycles. The third kappa shape index (κ3) is 13.3. The normalized spacial score (nSPS) is 29.1. The van der Waals surface area contributed by atoms with Crippen LogP contribution < -0.4 is 0 Å². The lowest BCUT2D eigenvalue weighted by Gasteiger charge is -2.44. The topological polar surface area (TPSA) is 93.1 Å². The maximum Gasteiger partial charge on any atom is 0.306 e. The van der Waals surface area contributed by atoms with Crippen molar-refractivity contribution in [3.8, 4) is 0 Å². The molecular weight excluding hydrogens is 480 g/mol. The standard InChI is InChI=1S/C32H58O6/c33-27-28(34)32(24-18-14-10-6-7-11-15-19-26-37-30(35)23-20-25-32)29-21-16-12-8-4-2-1-3-5-9-13-17-22-31(36)38-29/h28-29,33-34H,1-27H2. The van der Waals surface area contributed by atoms with Crippen molar-refractivity contribution in [2.45, 2.75) is 173 Å². The second kappa shape index (κ2) is 20.7. The van der Waals surface area contributed by atoms with Crippen molar-refractivity contribution in [3.05, 3.63) is 0 Å². The molecule has 0 radical (unpaired) electrons. The number of hydrogen-bond donors (Lipinski definition) is 2. The highest BCUT2D eigenvalue weighted by atomic mass is 16.5. The van der Waals surface area contributed by atoms with Crippen molar-refractivity contribution >= 4 is 11.9 Å². The summed E-state index contributed by atoms with van der Waals surface area (Å²) in [6.07, 6.45) is 23.1. The molecule has 0 saturated carbocycles. The van der Waals surface area contributed by atoms with Crippen LogP contribution in [-0.2, 0) is 19.1 Å². The highest BCUT2D eigenvalue weighted by Crippen LogP contribution is 2.43. The molecule has 0 aromatic carbocycles. The van der Waals surface area contributed by atoms with Crippen molar-refractivity contribution < 1.29 is 29.3 Å². The lowest BCUT2D eigenvalue weighted by atomic mass is 9.68. The molecule has 2 heterocycles. The molecule has 0 spiro atoms. The molecule has 38 heavy (non-hydrogen) atoms. The van der Waals surface area contributed by atoms with Crippen molar-refractivity contribution in [2.75, 3.05) is 13.2 Å². The number of rotatable bonds is 3. The van der Waals surface area contributed by atoms with E-state index in [1.807, 2.05) is 0 Å². The van der Waals surface area contributed by atoms with E-state index in [1.165, 1.54) is 64.2 Å². The Hall–Kier alpha value is -1.14. The zero-order valence-electron chi connectivity index (χ0n) is 24.3. The summed E-state index contributed by atoms with van der Waals surface area (Å²) in [5, 5.41) is 21.5. The zero-order valence-corrected chi connectivity index (χ0v) is 24.3. The first-order valence-corrected chi connectivity index (χ1v) is 16.2. The molecule has 2 saturated heterocycles. The van der Waals surface area contributed by atoms with Gasteiger partial charge in [0.2, 0.25) is 0 Å². The van der Waals surface area contributed by atoms with Gasteiger partial charge in [-0.1, -0.05) is 103 Å². The molecule has 0 aromatic rings. The minimum Gasteiger partial charge on any atom is -0.466 e. The molecule has 2 N–H and O–H groups in total. The fourth-order valence-corrected chi connectivity index (χ4v) is 6.48. The fourth-order valence-electron chi connectivity index (χ4n) is 6.48. The van der Waals surface area contributed by atoms with Crippen LogP contribution in [0.1, 0.15) is 161 Å². The summed E-state index contributed by atoms with van der Waals surface area (Å²) in [6, 6.07) is 0. The number of ether oxygens (including phenoxy) is 2. The Morgan fingerprint density at radius 2 is 1.11 bits per heavy atom. The Morgan fingerprint density at radius 1 is 0.632 bits per heavy atom. The molecule has 6 heteroatoms. The van der Waals surface area contributed by atoms with Gasteiger partial charge in [-0.25, -0.2) is 0 Å². The Kier molecular flexibility index (Phi) is 18.0. The molecule has 0 bridgehead atoms. The third-order valence-electron chi connectivity index (χ3n) is 8.92. The zero-order chi connectivity index (χ0) is 27.3. The largest absolute Gasteiger partial charge is 0.466 e. The molecule has 222 valence electrons. The van der Waals surface area contributed by atoms with Crippen LogP contribution in [0.25, 0.3) is 0 Å². The van der Waals surface area contributed by atoms with Gasteiger partial charge in [0.1, 0.15) is 6.10 Å². The number of esters is 2. The second-order valence-electron chi connectivity index (χ2n) is 12.0. The van der Waals surface area contributed by atoms with Crippen LogP contribution >= 0.6 is 0 Å². The first-order valence-electron chi connectivity index (χ1n) is 16.2. The van der Waals surface area contributed by atoms with Crippen LogP contribution in [0.5, 0.6) is 0 Å². The lowest BCUT2D eigenvalue weighted by molar-refractivity contribution is -0.170. The van der Waals surface area contributed by atoms with Gasteiger partial charge in [-0.15, -0.1) is 0 Å². The van der Waals surface area contributed by atoms with Crippen molar-refractivity contribution in [1.29, 1.82) is 0 Å². The molecule has 2 rings (SSSR count). The van der Waals surface area contributed by atoms with E-state index in [1.54, 1.807) is 0 Å². The molecule has 3 unspecified atom stereocenters. The minimum absolute atomic E-state index is 0.182. The smallest absolute Gasteiger partial charge is 0.306 e. The van der Waals surface area contributed by atoms with Crippen LogP contribution in [0.4, 0.5) is 0 Å². The summed E-state index contributed by atoms with van der Waals surface area (Å²) in [7, 11) is 0. The van der Waals surface area contributed by atoms with E-state index in [0.29, 0.717) is 45.1 Å². The predicted octanol–water partition coefficient (Wildman–Crippen LogP) is 7.56.